The zero-order chi connectivity index (χ0) is 15.9. The van der Waals surface area contributed by atoms with Crippen LogP contribution in [0.25, 0.3) is 0 Å². The fourth-order valence-electron chi connectivity index (χ4n) is 5.43. The molecule has 126 valence electrons. The van der Waals surface area contributed by atoms with Crippen molar-refractivity contribution in [2.45, 2.75) is 19.8 Å². The molecular weight excluding hydrogens is 318 g/mol. The predicted octanol–water partition coefficient (Wildman–Crippen LogP) is 0.249. The molecule has 4 heterocycles. The number of hydrogen-bond acceptors (Lipinski definition) is 6. The van der Waals surface area contributed by atoms with Crippen LogP contribution in [0, 0.1) is 11.3 Å². The molecule has 0 amide bonds. The summed E-state index contributed by atoms with van der Waals surface area (Å²) in [5.74, 6) is -1.28. The van der Waals surface area contributed by atoms with E-state index in [1.165, 1.54) is 0 Å². The summed E-state index contributed by atoms with van der Waals surface area (Å²) in [6.07, 6.45) is 2.99. The fourth-order valence-corrected chi connectivity index (χ4v) is 11.4. The zero-order valence-corrected chi connectivity index (χ0v) is 14.2. The van der Waals surface area contributed by atoms with E-state index in [-0.39, 0.29) is 0 Å². The van der Waals surface area contributed by atoms with Crippen molar-refractivity contribution in [3.8, 4) is 0 Å². The van der Waals surface area contributed by atoms with Gasteiger partial charge in [-0.25, -0.2) is 0 Å². The second-order valence-corrected chi connectivity index (χ2v) is 12.0. The second-order valence-electron chi connectivity index (χ2n) is 7.62. The van der Waals surface area contributed by atoms with Crippen molar-refractivity contribution in [1.82, 2.24) is 0 Å². The summed E-state index contributed by atoms with van der Waals surface area (Å²) in [7, 11) is -3.70. The van der Waals surface area contributed by atoms with Crippen molar-refractivity contribution >= 4 is 20.2 Å². The Labute approximate surface area is 134 Å². The first-order valence-electron chi connectivity index (χ1n) is 8.36. The second kappa shape index (κ2) is 3.94. The van der Waals surface area contributed by atoms with Crippen molar-refractivity contribution in [2.75, 3.05) is 39.5 Å². The van der Waals surface area contributed by atoms with Crippen molar-refractivity contribution in [1.29, 1.82) is 0 Å². The number of rotatable bonds is 1. The molecule has 0 spiro atoms. The van der Waals surface area contributed by atoms with Crippen molar-refractivity contribution in [3.05, 3.63) is 11.3 Å². The summed E-state index contributed by atoms with van der Waals surface area (Å²) in [5, 5.41) is 1.01. The monoisotopic (exact) mass is 339 g/mol. The van der Waals surface area contributed by atoms with Crippen molar-refractivity contribution < 1.29 is 31.8 Å². The normalized spacial score (nSPS) is 48.0. The van der Waals surface area contributed by atoms with Crippen LogP contribution in [0.4, 0.5) is 0 Å². The third kappa shape index (κ3) is 1.30. The van der Waals surface area contributed by atoms with Crippen LogP contribution in [0.2, 0.25) is 0 Å². The molecule has 7 nitrogen and oxygen atoms in total. The molecule has 0 aromatic rings. The standard InChI is InChI=1S/C15H21NO6Si/c1-15-3-2-11(10-12(15)13(17)22-14(15)18)23-16(4-7-19-23,5-8-20-23)6-9-21-23/h2,12H,3-10H2,1H3/t12-,15-/m1/s1. The third-order valence-electron chi connectivity index (χ3n) is 6.89. The summed E-state index contributed by atoms with van der Waals surface area (Å²) in [5.41, 5.74) is -0.754. The van der Waals surface area contributed by atoms with E-state index < -0.39 is 31.5 Å². The average molecular weight is 339 g/mol. The van der Waals surface area contributed by atoms with Crippen LogP contribution >= 0.6 is 0 Å². The molecule has 4 aliphatic heterocycles. The molecule has 5 rings (SSSR count). The van der Waals surface area contributed by atoms with E-state index in [2.05, 4.69) is 6.08 Å². The number of hydrogen-bond donors (Lipinski definition) is 0. The topological polar surface area (TPSA) is 71.1 Å². The van der Waals surface area contributed by atoms with Crippen LogP contribution in [-0.2, 0) is 27.6 Å². The molecule has 1 aliphatic carbocycles. The molecule has 4 saturated heterocycles. The van der Waals surface area contributed by atoms with Crippen LogP contribution in [0.3, 0.4) is 0 Å². The van der Waals surface area contributed by atoms with Crippen LogP contribution in [0.15, 0.2) is 11.3 Å². The Morgan fingerprint density at radius 2 is 1.74 bits per heavy atom. The molecular formula is C15H21NO6Si. The number of allylic oxidation sites excluding steroid dienone is 2. The molecule has 0 radical (unpaired) electrons. The quantitative estimate of drug-likeness (QED) is 0.387. The van der Waals surface area contributed by atoms with Crippen molar-refractivity contribution in [3.63, 3.8) is 0 Å². The van der Waals surface area contributed by atoms with Crippen molar-refractivity contribution in [2.24, 2.45) is 11.3 Å². The van der Waals surface area contributed by atoms with Gasteiger partial charge in [-0.15, -0.1) is 0 Å². The summed E-state index contributed by atoms with van der Waals surface area (Å²) >= 11 is 0. The molecule has 0 saturated carbocycles. The Kier molecular flexibility index (Phi) is 2.45. The number of nitrogens with zero attached hydrogens (tertiary/aromatic N) is 1. The van der Waals surface area contributed by atoms with Gasteiger partial charge < -0.3 is 0 Å². The minimum atomic E-state index is -3.70. The molecule has 0 bridgehead atoms. The zero-order valence-electron chi connectivity index (χ0n) is 13.2. The number of quaternary nitrogens is 1. The van der Waals surface area contributed by atoms with Gasteiger partial charge in [0.05, 0.1) is 0 Å². The van der Waals surface area contributed by atoms with E-state index in [9.17, 15) is 9.59 Å². The van der Waals surface area contributed by atoms with Gasteiger partial charge in [-0.05, 0) is 0 Å². The molecule has 0 aromatic heterocycles. The maximum atomic E-state index is 12.2. The average Bonchev–Trinajstić information content (AvgIpc) is 3.12. The molecule has 5 aliphatic rings. The number of carbonyl (C=O) groups is 2. The Hall–Kier alpha value is -1.06. The van der Waals surface area contributed by atoms with E-state index in [1.807, 2.05) is 6.92 Å². The van der Waals surface area contributed by atoms with Crippen LogP contribution < -0.4 is 0 Å². The molecule has 8 heteroatoms. The van der Waals surface area contributed by atoms with Gasteiger partial charge in [-0.2, -0.15) is 0 Å². The first kappa shape index (κ1) is 14.3. The summed E-state index contributed by atoms with van der Waals surface area (Å²) in [6, 6.07) is 0. The number of fused-ring (bicyclic) bond motifs is 1. The van der Waals surface area contributed by atoms with E-state index in [4.69, 9.17) is 18.0 Å². The van der Waals surface area contributed by atoms with Gasteiger partial charge in [0.25, 0.3) is 0 Å². The van der Waals surface area contributed by atoms with Crippen LogP contribution in [0.1, 0.15) is 19.8 Å². The Bertz CT molecular complexity index is 643. The van der Waals surface area contributed by atoms with Gasteiger partial charge in [0.15, 0.2) is 0 Å². The first-order valence-corrected chi connectivity index (χ1v) is 10.5. The summed E-state index contributed by atoms with van der Waals surface area (Å²) in [4.78, 5) is 24.2. The van der Waals surface area contributed by atoms with Gasteiger partial charge in [-0.3, -0.25) is 0 Å². The molecule has 0 unspecified atom stereocenters. The van der Waals surface area contributed by atoms with Gasteiger partial charge in [0.1, 0.15) is 0 Å². The number of carbonyl (C=O) groups excluding carboxylic acids is 2. The van der Waals surface area contributed by atoms with Gasteiger partial charge in [-0.1, -0.05) is 0 Å². The van der Waals surface area contributed by atoms with Gasteiger partial charge in [0.2, 0.25) is 0 Å². The molecule has 23 heavy (non-hydrogen) atoms. The minimum absolute atomic E-state index is 0.408. The predicted molar refractivity (Wildman–Crippen MR) is 78.5 cm³/mol. The third-order valence-corrected chi connectivity index (χ3v) is 12.8. The Balaban J connectivity index is 1.63. The van der Waals surface area contributed by atoms with E-state index >= 15 is 0 Å². The SMILES string of the molecule is C[C@@]12CC=C([Si-]345OCC[N+]3(CCO4)CCO5)C[C@@H]1C(=O)OC2=O. The molecule has 0 aromatic carbocycles. The van der Waals surface area contributed by atoms with Gasteiger partial charge in [0, 0.05) is 0 Å². The molecule has 0 N–H and O–H groups in total. The van der Waals surface area contributed by atoms with E-state index in [0.29, 0.717) is 32.7 Å². The first-order chi connectivity index (χ1) is 11.0. The van der Waals surface area contributed by atoms with Crippen LogP contribution in [0.5, 0.6) is 0 Å². The summed E-state index contributed by atoms with van der Waals surface area (Å²) in [6.45, 7) is 6.46. The van der Waals surface area contributed by atoms with E-state index in [1.54, 1.807) is 0 Å². The number of cyclic esters (lactones) is 2. The molecule has 2 atom stereocenters. The maximum absolute atomic E-state index is 12.2. The van der Waals surface area contributed by atoms with E-state index in [0.717, 1.165) is 29.0 Å². The number of esters is 2. The Morgan fingerprint density at radius 3 is 2.35 bits per heavy atom. The van der Waals surface area contributed by atoms with Crippen LogP contribution in [-0.4, -0.2) is 63.8 Å². The Morgan fingerprint density at radius 1 is 1.13 bits per heavy atom. The molecule has 4 fully saturated rings. The van der Waals surface area contributed by atoms with Gasteiger partial charge >= 0.3 is 134 Å². The number of ether oxygens (including phenoxy) is 1. The summed E-state index contributed by atoms with van der Waals surface area (Å²) < 4.78 is 24.7. The fraction of sp³-hybridized carbons (Fsp3) is 0.733.